The zero-order valence-electron chi connectivity index (χ0n) is 8.46. The van der Waals surface area contributed by atoms with E-state index in [4.69, 9.17) is 0 Å². The molecule has 1 aromatic rings. The van der Waals surface area contributed by atoms with Gasteiger partial charge in [-0.3, -0.25) is 0 Å². The fraction of sp³-hybridized carbons (Fsp3) is 0.545. The summed E-state index contributed by atoms with van der Waals surface area (Å²) in [7, 11) is 0. The Morgan fingerprint density at radius 3 is 2.71 bits per heavy atom. The van der Waals surface area contributed by atoms with E-state index in [1.807, 2.05) is 6.20 Å². The first-order valence-electron chi connectivity index (χ1n) is 5.07. The molecule has 14 heavy (non-hydrogen) atoms. The van der Waals surface area contributed by atoms with Gasteiger partial charge in [0.05, 0.1) is 0 Å². The summed E-state index contributed by atoms with van der Waals surface area (Å²) in [6.45, 7) is 4.48. The minimum atomic E-state index is 0.890. The maximum Gasteiger partial charge on any atom is 0.131 e. The standard InChI is InChI=1S/C11H15BrN2/c1-9-6-10(7-12)8-13-11(9)14-4-2-3-5-14/h6,8H,2-5,7H2,1H3. The van der Waals surface area contributed by atoms with Crippen molar-refractivity contribution in [1.29, 1.82) is 0 Å². The molecule has 0 radical (unpaired) electrons. The van der Waals surface area contributed by atoms with E-state index >= 15 is 0 Å². The monoisotopic (exact) mass is 254 g/mol. The molecule has 1 aliphatic rings. The number of halogens is 1. The Bertz CT molecular complexity index is 319. The Morgan fingerprint density at radius 1 is 1.43 bits per heavy atom. The molecular weight excluding hydrogens is 240 g/mol. The molecule has 0 saturated carbocycles. The smallest absolute Gasteiger partial charge is 0.131 e. The summed E-state index contributed by atoms with van der Waals surface area (Å²) < 4.78 is 0. The Morgan fingerprint density at radius 2 is 2.14 bits per heavy atom. The molecule has 1 saturated heterocycles. The number of hydrogen-bond acceptors (Lipinski definition) is 2. The Balaban J connectivity index is 2.25. The maximum absolute atomic E-state index is 4.53. The third-order valence-corrected chi connectivity index (χ3v) is 3.31. The van der Waals surface area contributed by atoms with Crippen LogP contribution >= 0.6 is 15.9 Å². The second-order valence-corrected chi connectivity index (χ2v) is 4.37. The molecule has 0 atom stereocenters. The van der Waals surface area contributed by atoms with Crippen molar-refractivity contribution in [3.05, 3.63) is 23.4 Å². The molecule has 3 heteroatoms. The van der Waals surface area contributed by atoms with Crippen molar-refractivity contribution in [1.82, 2.24) is 4.98 Å². The van der Waals surface area contributed by atoms with E-state index in [2.05, 4.69) is 38.8 Å². The molecule has 0 bridgehead atoms. The lowest BCUT2D eigenvalue weighted by Crippen LogP contribution is -2.20. The van der Waals surface area contributed by atoms with Crippen LogP contribution < -0.4 is 4.90 Å². The van der Waals surface area contributed by atoms with Crippen LogP contribution in [0.5, 0.6) is 0 Å². The number of rotatable bonds is 2. The molecule has 0 aromatic carbocycles. The van der Waals surface area contributed by atoms with E-state index < -0.39 is 0 Å². The van der Waals surface area contributed by atoms with E-state index in [9.17, 15) is 0 Å². The van der Waals surface area contributed by atoms with Crippen LogP contribution in [0, 0.1) is 6.92 Å². The van der Waals surface area contributed by atoms with Crippen molar-refractivity contribution in [2.24, 2.45) is 0 Å². The van der Waals surface area contributed by atoms with Crippen LogP contribution in [0.4, 0.5) is 5.82 Å². The van der Waals surface area contributed by atoms with Gasteiger partial charge in [-0.1, -0.05) is 22.0 Å². The summed E-state index contributed by atoms with van der Waals surface area (Å²) in [5.41, 5.74) is 2.55. The van der Waals surface area contributed by atoms with Crippen molar-refractivity contribution in [2.45, 2.75) is 25.1 Å². The summed E-state index contributed by atoms with van der Waals surface area (Å²) in [6, 6.07) is 2.22. The highest BCUT2D eigenvalue weighted by molar-refractivity contribution is 9.08. The number of aromatic nitrogens is 1. The van der Waals surface area contributed by atoms with Crippen LogP contribution in [0.3, 0.4) is 0 Å². The van der Waals surface area contributed by atoms with Gasteiger partial charge < -0.3 is 4.90 Å². The van der Waals surface area contributed by atoms with E-state index in [0.717, 1.165) is 5.33 Å². The normalized spacial score (nSPS) is 16.3. The van der Waals surface area contributed by atoms with Gasteiger partial charge in [0.25, 0.3) is 0 Å². The topological polar surface area (TPSA) is 16.1 Å². The minimum absolute atomic E-state index is 0.890. The van der Waals surface area contributed by atoms with Gasteiger partial charge in [0.2, 0.25) is 0 Å². The Kier molecular flexibility index (Phi) is 3.06. The maximum atomic E-state index is 4.53. The van der Waals surface area contributed by atoms with Crippen LogP contribution in [0.1, 0.15) is 24.0 Å². The molecular formula is C11H15BrN2. The zero-order valence-corrected chi connectivity index (χ0v) is 10.0. The lowest BCUT2D eigenvalue weighted by atomic mass is 10.2. The quantitative estimate of drug-likeness (QED) is 0.755. The molecule has 0 spiro atoms. The molecule has 2 rings (SSSR count). The summed E-state index contributed by atoms with van der Waals surface area (Å²) >= 11 is 3.45. The highest BCUT2D eigenvalue weighted by Crippen LogP contribution is 2.22. The fourth-order valence-corrected chi connectivity index (χ4v) is 2.27. The highest BCUT2D eigenvalue weighted by atomic mass is 79.9. The Labute approximate surface area is 93.5 Å². The molecule has 1 fully saturated rings. The van der Waals surface area contributed by atoms with Crippen LogP contribution in [0.15, 0.2) is 12.3 Å². The van der Waals surface area contributed by atoms with Gasteiger partial charge in [-0.25, -0.2) is 4.98 Å². The first-order chi connectivity index (χ1) is 6.81. The summed E-state index contributed by atoms with van der Waals surface area (Å²) in [6.07, 6.45) is 4.58. The van der Waals surface area contributed by atoms with Crippen LogP contribution in [-0.4, -0.2) is 18.1 Å². The molecule has 0 amide bonds. The largest absolute Gasteiger partial charge is 0.356 e. The number of nitrogens with zero attached hydrogens (tertiary/aromatic N) is 2. The van der Waals surface area contributed by atoms with Gasteiger partial charge >= 0.3 is 0 Å². The van der Waals surface area contributed by atoms with E-state index in [1.54, 1.807) is 0 Å². The summed E-state index contributed by atoms with van der Waals surface area (Å²) in [5, 5.41) is 0.890. The third kappa shape index (κ3) is 1.92. The number of hydrogen-bond donors (Lipinski definition) is 0. The average molecular weight is 255 g/mol. The predicted molar refractivity (Wildman–Crippen MR) is 63.1 cm³/mol. The minimum Gasteiger partial charge on any atom is -0.356 e. The molecule has 0 aliphatic carbocycles. The van der Waals surface area contributed by atoms with Crippen molar-refractivity contribution in [2.75, 3.05) is 18.0 Å². The molecule has 76 valence electrons. The number of pyridine rings is 1. The van der Waals surface area contributed by atoms with Crippen LogP contribution in [0.25, 0.3) is 0 Å². The SMILES string of the molecule is Cc1cc(CBr)cnc1N1CCCC1. The van der Waals surface area contributed by atoms with Crippen LogP contribution in [0.2, 0.25) is 0 Å². The first-order valence-corrected chi connectivity index (χ1v) is 6.20. The molecule has 0 unspecified atom stereocenters. The van der Waals surface area contributed by atoms with Crippen molar-refractivity contribution in [3.8, 4) is 0 Å². The lowest BCUT2D eigenvalue weighted by Gasteiger charge is -2.18. The van der Waals surface area contributed by atoms with Crippen LogP contribution in [-0.2, 0) is 5.33 Å². The predicted octanol–water partition coefficient (Wildman–Crippen LogP) is 2.89. The van der Waals surface area contributed by atoms with E-state index in [0.29, 0.717) is 0 Å². The Hall–Kier alpha value is -0.570. The average Bonchev–Trinajstić information content (AvgIpc) is 2.70. The third-order valence-electron chi connectivity index (χ3n) is 2.67. The van der Waals surface area contributed by atoms with Gasteiger partial charge in [0, 0.05) is 24.6 Å². The van der Waals surface area contributed by atoms with Gasteiger partial charge in [-0.2, -0.15) is 0 Å². The molecule has 2 nitrogen and oxygen atoms in total. The van der Waals surface area contributed by atoms with E-state index in [1.165, 1.54) is 42.9 Å². The summed E-state index contributed by atoms with van der Waals surface area (Å²) in [4.78, 5) is 6.91. The fourth-order valence-electron chi connectivity index (χ4n) is 1.96. The zero-order chi connectivity index (χ0) is 9.97. The van der Waals surface area contributed by atoms with Gasteiger partial charge in [0.1, 0.15) is 5.82 Å². The lowest BCUT2D eigenvalue weighted by molar-refractivity contribution is 0.925. The number of anilines is 1. The van der Waals surface area contributed by atoms with Gasteiger partial charge in [-0.15, -0.1) is 0 Å². The summed E-state index contributed by atoms with van der Waals surface area (Å²) in [5.74, 6) is 1.17. The number of alkyl halides is 1. The van der Waals surface area contributed by atoms with Crippen molar-refractivity contribution >= 4 is 21.7 Å². The highest BCUT2D eigenvalue weighted by Gasteiger charge is 2.15. The number of aryl methyl sites for hydroxylation is 1. The first kappa shape index (κ1) is 9.97. The molecule has 2 heterocycles. The van der Waals surface area contributed by atoms with Gasteiger partial charge in [0.15, 0.2) is 0 Å². The van der Waals surface area contributed by atoms with Gasteiger partial charge in [-0.05, 0) is 30.9 Å². The second kappa shape index (κ2) is 4.30. The van der Waals surface area contributed by atoms with Crippen molar-refractivity contribution in [3.63, 3.8) is 0 Å². The van der Waals surface area contributed by atoms with Crippen molar-refractivity contribution < 1.29 is 0 Å². The molecule has 0 N–H and O–H groups in total. The molecule has 1 aliphatic heterocycles. The molecule has 1 aromatic heterocycles. The second-order valence-electron chi connectivity index (χ2n) is 3.81. The van der Waals surface area contributed by atoms with E-state index in [-0.39, 0.29) is 0 Å².